The Labute approximate surface area is 151 Å². The first-order valence-electron chi connectivity index (χ1n) is 8.02. The van der Waals surface area contributed by atoms with E-state index in [9.17, 15) is 27.9 Å². The summed E-state index contributed by atoms with van der Waals surface area (Å²) in [5.41, 5.74) is 0.524. The molecular weight excluding hydrogens is 369 g/mol. The third kappa shape index (κ3) is 4.36. The van der Waals surface area contributed by atoms with Crippen LogP contribution in [0.5, 0.6) is 0 Å². The van der Waals surface area contributed by atoms with Gasteiger partial charge in [-0.1, -0.05) is 17.3 Å². The van der Waals surface area contributed by atoms with E-state index in [1.807, 2.05) is 0 Å². The summed E-state index contributed by atoms with van der Waals surface area (Å²) >= 11 is 0. The number of piperidine rings is 1. The average molecular weight is 383 g/mol. The summed E-state index contributed by atoms with van der Waals surface area (Å²) in [4.78, 5) is 27.6. The van der Waals surface area contributed by atoms with Crippen LogP contribution in [0.4, 0.5) is 18.0 Å². The minimum atomic E-state index is -4.73. The predicted molar refractivity (Wildman–Crippen MR) is 82.2 cm³/mol. The van der Waals surface area contributed by atoms with Crippen molar-refractivity contribution in [1.82, 2.24) is 20.4 Å². The molecule has 1 aliphatic rings. The van der Waals surface area contributed by atoms with Gasteiger partial charge in [0.05, 0.1) is 0 Å². The third-order valence-corrected chi connectivity index (χ3v) is 4.09. The number of hydrogen-bond donors (Lipinski definition) is 1. The number of benzene rings is 1. The van der Waals surface area contributed by atoms with E-state index in [-0.39, 0.29) is 29.5 Å². The first-order valence-corrected chi connectivity index (χ1v) is 8.02. The topological polar surface area (TPSA) is 111 Å². The summed E-state index contributed by atoms with van der Waals surface area (Å²) in [6.45, 7) is 0.517. The average Bonchev–Trinajstić information content (AvgIpc) is 3.12. The van der Waals surface area contributed by atoms with Gasteiger partial charge in [0.2, 0.25) is 5.82 Å². The van der Waals surface area contributed by atoms with Crippen LogP contribution in [-0.4, -0.2) is 46.2 Å². The fraction of sp³-hybridized carbons (Fsp3) is 0.375. The molecule has 0 aliphatic carbocycles. The molecule has 1 aromatic carbocycles. The zero-order valence-electron chi connectivity index (χ0n) is 13.8. The highest BCUT2D eigenvalue weighted by molar-refractivity contribution is 5.94. The molecule has 1 aromatic heterocycles. The Kier molecular flexibility index (Phi) is 5.02. The standard InChI is InChI=1S/C16H15F3N4O4/c17-16(18,19)14-21-12(22-27-14)9-3-5-10(6-4-9)13(24)20-11-2-1-7-23(8-11)15(25)26/h3-6,11H,1-2,7-8H2,(H,20,24)(H,25,26)/p-1. The number of likely N-dealkylation sites (tertiary alicyclic amines) is 1. The van der Waals surface area contributed by atoms with E-state index in [1.54, 1.807) is 0 Å². The Bertz CT molecular complexity index is 835. The molecule has 2 heterocycles. The van der Waals surface area contributed by atoms with Crippen LogP contribution in [0.3, 0.4) is 0 Å². The summed E-state index contributed by atoms with van der Waals surface area (Å²) in [6, 6.07) is 5.28. The smallest absolute Gasteiger partial charge is 0.471 e. The minimum absolute atomic E-state index is 0.148. The molecule has 1 atom stereocenters. The highest BCUT2D eigenvalue weighted by atomic mass is 19.4. The third-order valence-electron chi connectivity index (χ3n) is 4.09. The molecule has 144 valence electrons. The van der Waals surface area contributed by atoms with E-state index < -0.39 is 24.1 Å². The maximum atomic E-state index is 12.5. The molecule has 0 saturated carbocycles. The maximum Gasteiger partial charge on any atom is 0.471 e. The van der Waals surface area contributed by atoms with E-state index in [0.29, 0.717) is 19.4 Å². The van der Waals surface area contributed by atoms with Gasteiger partial charge in [-0.05, 0) is 25.0 Å². The first kappa shape index (κ1) is 18.7. The molecule has 1 fully saturated rings. The summed E-state index contributed by atoms with van der Waals surface area (Å²) in [7, 11) is 0. The van der Waals surface area contributed by atoms with Crippen molar-refractivity contribution in [2.45, 2.75) is 25.1 Å². The van der Waals surface area contributed by atoms with Gasteiger partial charge in [0, 0.05) is 30.3 Å². The zero-order valence-corrected chi connectivity index (χ0v) is 13.8. The molecular formula is C16H14F3N4O4-. The fourth-order valence-corrected chi connectivity index (χ4v) is 2.76. The molecule has 27 heavy (non-hydrogen) atoms. The highest BCUT2D eigenvalue weighted by Gasteiger charge is 2.38. The van der Waals surface area contributed by atoms with Crippen molar-refractivity contribution < 1.29 is 32.4 Å². The van der Waals surface area contributed by atoms with Gasteiger partial charge >= 0.3 is 12.1 Å². The largest absolute Gasteiger partial charge is 0.530 e. The van der Waals surface area contributed by atoms with Crippen LogP contribution >= 0.6 is 0 Å². The van der Waals surface area contributed by atoms with Gasteiger partial charge in [0.1, 0.15) is 6.09 Å². The molecule has 3 rings (SSSR count). The number of halogens is 3. The van der Waals surface area contributed by atoms with Gasteiger partial charge in [0.25, 0.3) is 5.91 Å². The zero-order chi connectivity index (χ0) is 19.6. The van der Waals surface area contributed by atoms with Gasteiger partial charge in [0.15, 0.2) is 0 Å². The number of amides is 2. The van der Waals surface area contributed by atoms with Crippen LogP contribution in [0.2, 0.25) is 0 Å². The Balaban J connectivity index is 1.65. The van der Waals surface area contributed by atoms with Gasteiger partial charge < -0.3 is 24.6 Å². The lowest BCUT2D eigenvalue weighted by Gasteiger charge is -2.34. The number of hydrogen-bond acceptors (Lipinski definition) is 6. The SMILES string of the molecule is O=C(NC1CCCN(C(=O)[O-])C1)c1ccc(-c2noc(C(F)(F)F)n2)cc1. The molecule has 0 radical (unpaired) electrons. The Morgan fingerprint density at radius 3 is 2.56 bits per heavy atom. The molecule has 1 saturated heterocycles. The van der Waals surface area contributed by atoms with Crippen molar-refractivity contribution in [1.29, 1.82) is 0 Å². The van der Waals surface area contributed by atoms with E-state index in [4.69, 9.17) is 0 Å². The molecule has 11 heteroatoms. The van der Waals surface area contributed by atoms with Crippen LogP contribution in [0.15, 0.2) is 28.8 Å². The molecule has 0 bridgehead atoms. The van der Waals surface area contributed by atoms with E-state index in [1.165, 1.54) is 24.3 Å². The number of alkyl halides is 3. The first-order chi connectivity index (χ1) is 12.7. The molecule has 1 aliphatic heterocycles. The monoisotopic (exact) mass is 383 g/mol. The fourth-order valence-electron chi connectivity index (χ4n) is 2.76. The summed E-state index contributed by atoms with van der Waals surface area (Å²) in [5.74, 6) is -2.11. The second-order valence-corrected chi connectivity index (χ2v) is 6.02. The number of carbonyl (C=O) groups is 2. The summed E-state index contributed by atoms with van der Waals surface area (Å²) in [5, 5.41) is 16.9. The Morgan fingerprint density at radius 1 is 1.26 bits per heavy atom. The minimum Gasteiger partial charge on any atom is -0.530 e. The molecule has 8 nitrogen and oxygen atoms in total. The van der Waals surface area contributed by atoms with Gasteiger partial charge in [-0.25, -0.2) is 0 Å². The van der Waals surface area contributed by atoms with Crippen molar-refractivity contribution >= 4 is 12.0 Å². The van der Waals surface area contributed by atoms with E-state index >= 15 is 0 Å². The van der Waals surface area contributed by atoms with Gasteiger partial charge in [-0.2, -0.15) is 18.2 Å². The highest BCUT2D eigenvalue weighted by Crippen LogP contribution is 2.29. The van der Waals surface area contributed by atoms with Crippen LogP contribution in [-0.2, 0) is 6.18 Å². The predicted octanol–water partition coefficient (Wildman–Crippen LogP) is 1.29. The summed E-state index contributed by atoms with van der Waals surface area (Å²) < 4.78 is 41.6. The van der Waals surface area contributed by atoms with Crippen molar-refractivity contribution in [3.05, 3.63) is 35.7 Å². The van der Waals surface area contributed by atoms with Crippen molar-refractivity contribution in [2.75, 3.05) is 13.1 Å². The lowest BCUT2D eigenvalue weighted by atomic mass is 10.0. The normalized spacial score (nSPS) is 17.6. The molecule has 0 spiro atoms. The van der Waals surface area contributed by atoms with Crippen LogP contribution < -0.4 is 10.4 Å². The number of aromatic nitrogens is 2. The molecule has 2 aromatic rings. The number of nitrogens with zero attached hydrogens (tertiary/aromatic N) is 3. The van der Waals surface area contributed by atoms with Gasteiger partial charge in [-0.15, -0.1) is 0 Å². The maximum absolute atomic E-state index is 12.5. The Hall–Kier alpha value is -3.11. The number of carbonyl (C=O) groups excluding carboxylic acids is 2. The quantitative estimate of drug-likeness (QED) is 0.855. The van der Waals surface area contributed by atoms with Crippen LogP contribution in [0.25, 0.3) is 11.4 Å². The van der Waals surface area contributed by atoms with E-state index in [2.05, 4.69) is 20.0 Å². The van der Waals surface area contributed by atoms with Crippen LogP contribution in [0.1, 0.15) is 29.1 Å². The number of rotatable bonds is 3. The molecule has 1 N–H and O–H groups in total. The lowest BCUT2D eigenvalue weighted by molar-refractivity contribution is -0.266. The van der Waals surface area contributed by atoms with Crippen molar-refractivity contribution in [3.8, 4) is 11.4 Å². The number of carboxylic acid groups (broad SMARTS) is 1. The summed E-state index contributed by atoms with van der Waals surface area (Å²) in [6.07, 6.45) is -4.77. The van der Waals surface area contributed by atoms with Crippen molar-refractivity contribution in [3.63, 3.8) is 0 Å². The second-order valence-electron chi connectivity index (χ2n) is 6.02. The lowest BCUT2D eigenvalue weighted by Crippen LogP contribution is -2.53. The van der Waals surface area contributed by atoms with E-state index in [0.717, 1.165) is 4.90 Å². The van der Waals surface area contributed by atoms with Crippen LogP contribution in [0, 0.1) is 0 Å². The molecule has 2 amide bonds. The van der Waals surface area contributed by atoms with Gasteiger partial charge in [-0.3, -0.25) is 4.79 Å². The number of nitrogens with one attached hydrogen (secondary N) is 1. The second kappa shape index (κ2) is 7.25. The Morgan fingerprint density at radius 2 is 1.96 bits per heavy atom. The molecule has 1 unspecified atom stereocenters. The van der Waals surface area contributed by atoms with Crippen molar-refractivity contribution in [2.24, 2.45) is 0 Å².